The zero-order chi connectivity index (χ0) is 18.9. The van der Waals surface area contributed by atoms with Gasteiger partial charge in [0.25, 0.3) is 0 Å². The Labute approximate surface area is 155 Å². The first-order valence-corrected chi connectivity index (χ1v) is 8.77. The van der Waals surface area contributed by atoms with Crippen molar-refractivity contribution in [2.24, 2.45) is 0 Å². The van der Waals surface area contributed by atoms with Crippen LogP contribution in [0.4, 0.5) is 0 Å². The zero-order valence-corrected chi connectivity index (χ0v) is 15.6. The maximum absolute atomic E-state index is 12.7. The molecule has 138 valence electrons. The fourth-order valence-corrected chi connectivity index (χ4v) is 2.84. The average molecular weight is 354 g/mol. The Morgan fingerprint density at radius 2 is 1.69 bits per heavy atom. The Balaban J connectivity index is 2.26. The lowest BCUT2D eigenvalue weighted by molar-refractivity contribution is -0.139. The number of likely N-dealkylation sites (N-methyl/N-ethyl adjacent to an activating group) is 1. The Hall–Kier alpha value is -2.82. The topological polar surface area (TPSA) is 58.6 Å². The summed E-state index contributed by atoms with van der Waals surface area (Å²) in [6, 6.07) is 16.7. The molecule has 0 saturated heterocycles. The highest BCUT2D eigenvalue weighted by atomic mass is 16.5. The van der Waals surface area contributed by atoms with Crippen molar-refractivity contribution in [3.63, 3.8) is 0 Å². The predicted molar refractivity (Wildman–Crippen MR) is 102 cm³/mol. The molecule has 0 aromatic heterocycles. The number of carbonyl (C=O) groups is 2. The van der Waals surface area contributed by atoms with Crippen molar-refractivity contribution in [3.8, 4) is 5.75 Å². The Bertz CT molecular complexity index is 714. The quantitative estimate of drug-likeness (QED) is 0.793. The fourth-order valence-electron chi connectivity index (χ4n) is 2.84. The molecule has 2 aromatic rings. The normalized spacial score (nSPS) is 11.5. The van der Waals surface area contributed by atoms with Crippen LogP contribution in [0.25, 0.3) is 0 Å². The number of amides is 2. The van der Waals surface area contributed by atoms with Gasteiger partial charge in [-0.3, -0.25) is 9.59 Å². The average Bonchev–Trinajstić information content (AvgIpc) is 2.66. The van der Waals surface area contributed by atoms with Gasteiger partial charge in [0, 0.05) is 26.4 Å². The van der Waals surface area contributed by atoms with Crippen LogP contribution in [0.5, 0.6) is 5.75 Å². The molecule has 0 aliphatic rings. The lowest BCUT2D eigenvalue weighted by atomic mass is 10.0. The zero-order valence-electron chi connectivity index (χ0n) is 15.6. The second-order valence-corrected chi connectivity index (χ2v) is 6.10. The fraction of sp³-hybridized carbons (Fsp3) is 0.333. The Morgan fingerprint density at radius 3 is 2.23 bits per heavy atom. The van der Waals surface area contributed by atoms with Crippen molar-refractivity contribution >= 4 is 11.8 Å². The second-order valence-electron chi connectivity index (χ2n) is 6.10. The highest BCUT2D eigenvalue weighted by Gasteiger charge is 2.28. The standard InChI is InChI=1S/C21H26N2O3/c1-4-22-21(25)20(14-17-8-6-5-7-9-17)23(16(2)24)15-18-10-12-19(26-3)13-11-18/h5-13,20H,4,14-15H2,1-3H3,(H,22,25)/t20-/m1/s1. The number of benzene rings is 2. The van der Waals surface area contributed by atoms with E-state index in [4.69, 9.17) is 4.74 Å². The van der Waals surface area contributed by atoms with Crippen molar-refractivity contribution in [2.45, 2.75) is 32.9 Å². The van der Waals surface area contributed by atoms with Crippen LogP contribution in [0.3, 0.4) is 0 Å². The molecular formula is C21H26N2O3. The summed E-state index contributed by atoms with van der Waals surface area (Å²) in [5, 5.41) is 2.85. The number of ether oxygens (including phenoxy) is 1. The van der Waals surface area contributed by atoms with Crippen LogP contribution in [0, 0.1) is 0 Å². The van der Waals surface area contributed by atoms with Crippen molar-refractivity contribution in [2.75, 3.05) is 13.7 Å². The van der Waals surface area contributed by atoms with Gasteiger partial charge >= 0.3 is 0 Å². The third-order valence-corrected chi connectivity index (χ3v) is 4.22. The molecule has 1 atom stereocenters. The van der Waals surface area contributed by atoms with Crippen LogP contribution in [0.15, 0.2) is 54.6 Å². The first-order chi connectivity index (χ1) is 12.5. The van der Waals surface area contributed by atoms with E-state index in [9.17, 15) is 9.59 Å². The Morgan fingerprint density at radius 1 is 1.04 bits per heavy atom. The molecule has 2 amide bonds. The minimum absolute atomic E-state index is 0.131. The predicted octanol–water partition coefficient (Wildman–Crippen LogP) is 2.79. The number of nitrogens with one attached hydrogen (secondary N) is 1. The molecule has 0 radical (unpaired) electrons. The monoisotopic (exact) mass is 354 g/mol. The van der Waals surface area contributed by atoms with Crippen molar-refractivity contribution in [1.29, 1.82) is 0 Å². The van der Waals surface area contributed by atoms with E-state index in [1.165, 1.54) is 6.92 Å². The van der Waals surface area contributed by atoms with Gasteiger partial charge in [0.15, 0.2) is 0 Å². The van der Waals surface area contributed by atoms with Crippen LogP contribution in [-0.2, 0) is 22.6 Å². The largest absolute Gasteiger partial charge is 0.497 e. The van der Waals surface area contributed by atoms with Crippen LogP contribution < -0.4 is 10.1 Å². The summed E-state index contributed by atoms with van der Waals surface area (Å²) >= 11 is 0. The van der Waals surface area contributed by atoms with Crippen LogP contribution >= 0.6 is 0 Å². The maximum Gasteiger partial charge on any atom is 0.243 e. The summed E-state index contributed by atoms with van der Waals surface area (Å²) in [4.78, 5) is 26.6. The molecule has 5 heteroatoms. The molecule has 0 saturated carbocycles. The van der Waals surface area contributed by atoms with Crippen molar-refractivity contribution in [1.82, 2.24) is 10.2 Å². The number of rotatable bonds is 8. The molecular weight excluding hydrogens is 328 g/mol. The van der Waals surface area contributed by atoms with E-state index < -0.39 is 6.04 Å². The smallest absolute Gasteiger partial charge is 0.243 e. The van der Waals surface area contributed by atoms with Crippen molar-refractivity contribution in [3.05, 3.63) is 65.7 Å². The van der Waals surface area contributed by atoms with E-state index in [1.807, 2.05) is 61.5 Å². The molecule has 5 nitrogen and oxygen atoms in total. The highest BCUT2D eigenvalue weighted by molar-refractivity contribution is 5.87. The number of nitrogens with zero attached hydrogens (tertiary/aromatic N) is 1. The van der Waals surface area contributed by atoms with Crippen LogP contribution in [0.2, 0.25) is 0 Å². The van der Waals surface area contributed by atoms with Crippen molar-refractivity contribution < 1.29 is 14.3 Å². The van der Waals surface area contributed by atoms with Gasteiger partial charge in [0.2, 0.25) is 11.8 Å². The van der Waals surface area contributed by atoms with Gasteiger partial charge in [-0.2, -0.15) is 0 Å². The molecule has 0 unspecified atom stereocenters. The molecule has 0 heterocycles. The first-order valence-electron chi connectivity index (χ1n) is 8.77. The molecule has 2 rings (SSSR count). The molecule has 0 aliphatic carbocycles. The molecule has 0 fully saturated rings. The summed E-state index contributed by atoms with van der Waals surface area (Å²) in [6.45, 7) is 4.27. The molecule has 0 bridgehead atoms. The number of carbonyl (C=O) groups excluding carboxylic acids is 2. The number of hydrogen-bond donors (Lipinski definition) is 1. The number of hydrogen-bond acceptors (Lipinski definition) is 3. The minimum atomic E-state index is -0.558. The summed E-state index contributed by atoms with van der Waals surface area (Å²) in [6.07, 6.45) is 0.475. The van der Waals surface area contributed by atoms with E-state index in [-0.39, 0.29) is 11.8 Å². The summed E-state index contributed by atoms with van der Waals surface area (Å²) in [5.74, 6) is 0.487. The SMILES string of the molecule is CCNC(=O)[C@@H](Cc1ccccc1)N(Cc1ccc(OC)cc1)C(C)=O. The number of methoxy groups -OCH3 is 1. The van der Waals surface area contributed by atoms with E-state index >= 15 is 0 Å². The summed E-state index contributed by atoms with van der Waals surface area (Å²) < 4.78 is 5.17. The van der Waals surface area contributed by atoms with E-state index in [2.05, 4.69) is 5.32 Å². The van der Waals surface area contributed by atoms with E-state index in [1.54, 1.807) is 12.0 Å². The van der Waals surface area contributed by atoms with E-state index in [0.717, 1.165) is 16.9 Å². The molecule has 0 spiro atoms. The van der Waals surface area contributed by atoms with Gasteiger partial charge in [-0.1, -0.05) is 42.5 Å². The van der Waals surface area contributed by atoms with Gasteiger partial charge in [-0.25, -0.2) is 0 Å². The van der Waals surface area contributed by atoms with Gasteiger partial charge in [-0.05, 0) is 30.2 Å². The van der Waals surface area contributed by atoms with Gasteiger partial charge in [0.1, 0.15) is 11.8 Å². The second kappa shape index (κ2) is 9.61. The maximum atomic E-state index is 12.7. The van der Waals surface area contributed by atoms with Gasteiger partial charge in [-0.15, -0.1) is 0 Å². The summed E-state index contributed by atoms with van der Waals surface area (Å²) in [7, 11) is 1.61. The Kier molecular flexibility index (Phi) is 7.21. The minimum Gasteiger partial charge on any atom is -0.497 e. The van der Waals surface area contributed by atoms with Gasteiger partial charge in [0.05, 0.1) is 7.11 Å². The third-order valence-electron chi connectivity index (χ3n) is 4.22. The van der Waals surface area contributed by atoms with Gasteiger partial charge < -0.3 is 15.0 Å². The lowest BCUT2D eigenvalue weighted by Gasteiger charge is -2.30. The first kappa shape index (κ1) is 19.5. The summed E-state index contributed by atoms with van der Waals surface area (Å²) in [5.41, 5.74) is 1.97. The molecule has 0 aliphatic heterocycles. The van der Waals surface area contributed by atoms with Crippen LogP contribution in [0.1, 0.15) is 25.0 Å². The molecule has 26 heavy (non-hydrogen) atoms. The molecule has 2 aromatic carbocycles. The van der Waals surface area contributed by atoms with E-state index in [0.29, 0.717) is 19.5 Å². The third kappa shape index (κ3) is 5.34. The molecule has 1 N–H and O–H groups in total. The highest BCUT2D eigenvalue weighted by Crippen LogP contribution is 2.17. The lowest BCUT2D eigenvalue weighted by Crippen LogP contribution is -2.49. The van der Waals surface area contributed by atoms with Crippen LogP contribution in [-0.4, -0.2) is 36.4 Å².